The average Bonchev–Trinajstić information content (AvgIpc) is 2.16. The molecule has 1 atom stereocenters. The van der Waals surface area contributed by atoms with E-state index in [0.29, 0.717) is 0 Å². The zero-order chi connectivity index (χ0) is 11.1. The lowest BCUT2D eigenvalue weighted by molar-refractivity contribution is -0.0602. The van der Waals surface area contributed by atoms with Gasteiger partial charge in [-0.25, -0.2) is 4.18 Å². The first-order valence-electron chi connectivity index (χ1n) is 4.34. The molecular formula is C10H10O4S. The van der Waals surface area contributed by atoms with Crippen molar-refractivity contribution in [1.82, 2.24) is 0 Å². The van der Waals surface area contributed by atoms with Crippen molar-refractivity contribution < 1.29 is 17.3 Å². The predicted octanol–water partition coefficient (Wildman–Crippen LogP) is 1.69. The monoisotopic (exact) mass is 226 g/mol. The number of ether oxygens (including phenoxy) is 1. The van der Waals surface area contributed by atoms with Gasteiger partial charge in [-0.1, -0.05) is 18.7 Å². The van der Waals surface area contributed by atoms with Gasteiger partial charge in [-0.3, -0.25) is 0 Å². The predicted molar refractivity (Wildman–Crippen MR) is 53.9 cm³/mol. The molecule has 0 fully saturated rings. The van der Waals surface area contributed by atoms with Gasteiger partial charge in [0.2, 0.25) is 5.79 Å². The van der Waals surface area contributed by atoms with Crippen LogP contribution in [0.15, 0.2) is 41.8 Å². The largest absolute Gasteiger partial charge is 0.456 e. The molecule has 0 bridgehead atoms. The zero-order valence-corrected chi connectivity index (χ0v) is 8.95. The molecule has 1 heterocycles. The second kappa shape index (κ2) is 3.08. The van der Waals surface area contributed by atoms with Crippen LogP contribution >= 0.6 is 0 Å². The molecule has 4 nitrogen and oxygen atoms in total. The highest BCUT2D eigenvalue weighted by molar-refractivity contribution is 7.87. The van der Waals surface area contributed by atoms with Crippen LogP contribution in [-0.4, -0.2) is 14.2 Å². The van der Waals surface area contributed by atoms with Crippen LogP contribution in [-0.2, 0) is 14.3 Å². The number of rotatable bonds is 1. The molecule has 0 N–H and O–H groups in total. The topological polar surface area (TPSA) is 52.6 Å². The van der Waals surface area contributed by atoms with Gasteiger partial charge in [-0.15, -0.1) is 0 Å². The van der Waals surface area contributed by atoms with Gasteiger partial charge in [0.15, 0.2) is 0 Å². The zero-order valence-electron chi connectivity index (χ0n) is 8.14. The minimum atomic E-state index is -3.76. The molecule has 15 heavy (non-hydrogen) atoms. The van der Waals surface area contributed by atoms with Crippen molar-refractivity contribution in [1.29, 1.82) is 0 Å². The van der Waals surface area contributed by atoms with Crippen LogP contribution in [0, 0.1) is 0 Å². The summed E-state index contributed by atoms with van der Waals surface area (Å²) >= 11 is 0. The van der Waals surface area contributed by atoms with Crippen molar-refractivity contribution in [3.05, 3.63) is 36.9 Å². The molecule has 1 aliphatic rings. The Morgan fingerprint density at radius 1 is 1.40 bits per heavy atom. The van der Waals surface area contributed by atoms with E-state index in [9.17, 15) is 8.42 Å². The van der Waals surface area contributed by atoms with E-state index in [0.717, 1.165) is 0 Å². The summed E-state index contributed by atoms with van der Waals surface area (Å²) in [7, 11) is -3.76. The summed E-state index contributed by atoms with van der Waals surface area (Å²) in [6, 6.07) is 6.33. The van der Waals surface area contributed by atoms with E-state index >= 15 is 0 Å². The van der Waals surface area contributed by atoms with E-state index in [-0.39, 0.29) is 10.6 Å². The molecule has 0 spiro atoms. The van der Waals surface area contributed by atoms with Crippen LogP contribution in [0.2, 0.25) is 0 Å². The molecule has 1 aromatic carbocycles. The second-order valence-electron chi connectivity index (χ2n) is 3.31. The number of hydrogen-bond donors (Lipinski definition) is 0. The van der Waals surface area contributed by atoms with Crippen molar-refractivity contribution in [2.24, 2.45) is 0 Å². The van der Waals surface area contributed by atoms with Crippen LogP contribution in [0.5, 0.6) is 5.75 Å². The van der Waals surface area contributed by atoms with Crippen LogP contribution < -0.4 is 4.74 Å². The Hall–Kier alpha value is -1.33. The Kier molecular flexibility index (Phi) is 2.09. The van der Waals surface area contributed by atoms with Gasteiger partial charge in [0.1, 0.15) is 10.6 Å². The molecule has 0 amide bonds. The van der Waals surface area contributed by atoms with Crippen molar-refractivity contribution in [3.63, 3.8) is 0 Å². The molecule has 2 rings (SSSR count). The fourth-order valence-corrected chi connectivity index (χ4v) is 2.54. The molecular weight excluding hydrogens is 216 g/mol. The van der Waals surface area contributed by atoms with Gasteiger partial charge in [-0.2, -0.15) is 8.42 Å². The van der Waals surface area contributed by atoms with Crippen molar-refractivity contribution >= 4 is 10.1 Å². The Bertz CT molecular complexity index is 506. The van der Waals surface area contributed by atoms with Gasteiger partial charge in [0, 0.05) is 6.92 Å². The minimum absolute atomic E-state index is 0.0457. The van der Waals surface area contributed by atoms with E-state index in [1.165, 1.54) is 19.1 Å². The van der Waals surface area contributed by atoms with E-state index in [1.807, 2.05) is 0 Å². The third kappa shape index (κ3) is 1.64. The van der Waals surface area contributed by atoms with Crippen LogP contribution in [0.25, 0.3) is 0 Å². The van der Waals surface area contributed by atoms with Gasteiger partial charge in [0.05, 0.1) is 0 Å². The Balaban J connectivity index is 2.63. The maximum absolute atomic E-state index is 11.7. The first-order chi connectivity index (χ1) is 6.97. The molecule has 80 valence electrons. The molecule has 0 aromatic heterocycles. The molecule has 1 unspecified atom stereocenters. The Labute approximate surface area is 88.3 Å². The number of fused-ring (bicyclic) bond motifs is 1. The molecule has 0 saturated heterocycles. The SMILES string of the molecule is C=CC1(C)Oc2ccccc2S(=O)(=O)O1. The highest BCUT2D eigenvalue weighted by Gasteiger charge is 2.39. The number of para-hydroxylation sites is 1. The lowest BCUT2D eigenvalue weighted by Gasteiger charge is -2.31. The third-order valence-corrected chi connectivity index (χ3v) is 3.50. The summed E-state index contributed by atoms with van der Waals surface area (Å²) in [5.41, 5.74) is 0. The van der Waals surface area contributed by atoms with Gasteiger partial charge >= 0.3 is 10.1 Å². The first-order valence-corrected chi connectivity index (χ1v) is 5.75. The van der Waals surface area contributed by atoms with Gasteiger partial charge < -0.3 is 4.74 Å². The van der Waals surface area contributed by atoms with Gasteiger partial charge in [0.25, 0.3) is 0 Å². The molecule has 0 aliphatic carbocycles. The summed E-state index contributed by atoms with van der Waals surface area (Å²) in [5.74, 6) is -1.04. The summed E-state index contributed by atoms with van der Waals surface area (Å²) in [6.07, 6.45) is 1.31. The van der Waals surface area contributed by atoms with Crippen LogP contribution in [0.1, 0.15) is 6.92 Å². The summed E-state index contributed by atoms with van der Waals surface area (Å²) in [6.45, 7) is 4.97. The second-order valence-corrected chi connectivity index (χ2v) is 4.82. The van der Waals surface area contributed by atoms with Crippen molar-refractivity contribution in [2.75, 3.05) is 0 Å². The fourth-order valence-electron chi connectivity index (χ4n) is 1.31. The first kappa shape index (κ1) is 10.2. The van der Waals surface area contributed by atoms with E-state index in [2.05, 4.69) is 6.58 Å². The van der Waals surface area contributed by atoms with Crippen LogP contribution in [0.3, 0.4) is 0 Å². The highest BCUT2D eigenvalue weighted by atomic mass is 32.2. The van der Waals surface area contributed by atoms with E-state index < -0.39 is 15.9 Å². The molecule has 1 aromatic rings. The van der Waals surface area contributed by atoms with Crippen molar-refractivity contribution in [2.45, 2.75) is 17.6 Å². The Morgan fingerprint density at radius 2 is 2.07 bits per heavy atom. The van der Waals surface area contributed by atoms with Gasteiger partial charge in [-0.05, 0) is 18.2 Å². The molecule has 0 radical (unpaired) electrons. The maximum atomic E-state index is 11.7. The molecule has 5 heteroatoms. The standard InChI is InChI=1S/C10H10O4S/c1-3-10(2)13-8-6-4-5-7-9(8)15(11,12)14-10/h3-7H,1H2,2H3. The summed E-state index contributed by atoms with van der Waals surface area (Å²) in [5, 5.41) is 0. The van der Waals surface area contributed by atoms with Crippen molar-refractivity contribution in [3.8, 4) is 5.75 Å². The maximum Gasteiger partial charge on any atom is 0.304 e. The van der Waals surface area contributed by atoms with Crippen LogP contribution in [0.4, 0.5) is 0 Å². The van der Waals surface area contributed by atoms with E-state index in [4.69, 9.17) is 8.92 Å². The fraction of sp³-hybridized carbons (Fsp3) is 0.200. The smallest absolute Gasteiger partial charge is 0.304 e. The molecule has 1 aliphatic heterocycles. The quantitative estimate of drug-likeness (QED) is 0.540. The third-order valence-electron chi connectivity index (χ3n) is 2.08. The summed E-state index contributed by atoms with van der Waals surface area (Å²) in [4.78, 5) is 0.0457. The van der Waals surface area contributed by atoms with E-state index in [1.54, 1.807) is 18.2 Å². The summed E-state index contributed by atoms with van der Waals surface area (Å²) < 4.78 is 33.6. The number of benzene rings is 1. The Morgan fingerprint density at radius 3 is 2.73 bits per heavy atom. The minimum Gasteiger partial charge on any atom is -0.456 e. The highest BCUT2D eigenvalue weighted by Crippen LogP contribution is 2.36. The normalized spacial score (nSPS) is 27.5. The lowest BCUT2D eigenvalue weighted by Crippen LogP contribution is -2.39. The lowest BCUT2D eigenvalue weighted by atomic mass is 10.3. The number of hydrogen-bond acceptors (Lipinski definition) is 4. The average molecular weight is 226 g/mol. The molecule has 0 saturated carbocycles.